The lowest BCUT2D eigenvalue weighted by Gasteiger charge is -2.30. The Morgan fingerprint density at radius 2 is 1.93 bits per heavy atom. The van der Waals surface area contributed by atoms with Crippen molar-refractivity contribution in [2.75, 3.05) is 32.9 Å². The van der Waals surface area contributed by atoms with E-state index in [1.807, 2.05) is 0 Å². The number of ketones is 1. The normalized spacial score (nSPS) is 28.0. The van der Waals surface area contributed by atoms with Gasteiger partial charge in [0.1, 0.15) is 12.6 Å². The first-order chi connectivity index (χ1) is 13.0. The highest BCUT2D eigenvalue weighted by Crippen LogP contribution is 2.28. The average Bonchev–Trinajstić information content (AvgIpc) is 3.01. The maximum atomic E-state index is 12.8. The minimum Gasteiger partial charge on any atom is -0.436 e. The highest BCUT2D eigenvalue weighted by atomic mass is 16.6. The van der Waals surface area contributed by atoms with Gasteiger partial charge in [0.15, 0.2) is 11.9 Å². The van der Waals surface area contributed by atoms with Gasteiger partial charge in [-0.15, -0.1) is 0 Å². The minimum absolute atomic E-state index is 0.00692. The zero-order valence-corrected chi connectivity index (χ0v) is 16.0. The third kappa shape index (κ3) is 5.42. The SMILES string of the molecule is C[C@H]1OCC(=O)[C@@H]1NC(=O)[C@H](CC1CCCCC1)OC(=O)N1CCOCC1. The Hall–Kier alpha value is -1.67. The predicted molar refractivity (Wildman–Crippen MR) is 96.2 cm³/mol. The van der Waals surface area contributed by atoms with Crippen LogP contribution in [-0.4, -0.2) is 73.8 Å². The number of nitrogens with zero attached hydrogens (tertiary/aromatic N) is 1. The second kappa shape index (κ2) is 9.50. The third-order valence-electron chi connectivity index (χ3n) is 5.68. The molecule has 0 unspecified atom stereocenters. The van der Waals surface area contributed by atoms with E-state index in [0.717, 1.165) is 25.7 Å². The highest BCUT2D eigenvalue weighted by Gasteiger charge is 2.37. The summed E-state index contributed by atoms with van der Waals surface area (Å²) in [5.41, 5.74) is 0. The first kappa shape index (κ1) is 20.1. The number of hydrogen-bond acceptors (Lipinski definition) is 6. The van der Waals surface area contributed by atoms with Gasteiger partial charge in [-0.05, 0) is 19.3 Å². The van der Waals surface area contributed by atoms with Gasteiger partial charge in [-0.1, -0.05) is 32.1 Å². The summed E-state index contributed by atoms with van der Waals surface area (Å²) in [5.74, 6) is -0.190. The summed E-state index contributed by atoms with van der Waals surface area (Å²) < 4.78 is 16.1. The molecular formula is C19H30N2O6. The summed E-state index contributed by atoms with van der Waals surface area (Å²) in [6, 6.07) is -0.673. The zero-order valence-electron chi connectivity index (χ0n) is 16.0. The van der Waals surface area contributed by atoms with Crippen LogP contribution in [0.15, 0.2) is 0 Å². The monoisotopic (exact) mass is 382 g/mol. The number of hydrogen-bond donors (Lipinski definition) is 1. The maximum Gasteiger partial charge on any atom is 0.410 e. The highest BCUT2D eigenvalue weighted by molar-refractivity contribution is 5.93. The molecule has 0 aromatic rings. The zero-order chi connectivity index (χ0) is 19.2. The Kier molecular flexibility index (Phi) is 7.07. The van der Waals surface area contributed by atoms with Crippen molar-refractivity contribution in [3.63, 3.8) is 0 Å². The number of nitrogens with one attached hydrogen (secondary N) is 1. The van der Waals surface area contributed by atoms with Crippen LogP contribution >= 0.6 is 0 Å². The van der Waals surface area contributed by atoms with Crippen molar-refractivity contribution in [3.8, 4) is 0 Å². The molecule has 3 aliphatic rings. The number of Topliss-reactive ketones (excluding diaryl/α,β-unsaturated/α-hetero) is 1. The quantitative estimate of drug-likeness (QED) is 0.769. The molecule has 8 nitrogen and oxygen atoms in total. The van der Waals surface area contributed by atoms with E-state index in [9.17, 15) is 14.4 Å². The largest absolute Gasteiger partial charge is 0.436 e. The molecule has 3 fully saturated rings. The van der Waals surface area contributed by atoms with Gasteiger partial charge in [0.2, 0.25) is 0 Å². The number of amides is 2. The van der Waals surface area contributed by atoms with Crippen LogP contribution in [0.2, 0.25) is 0 Å². The van der Waals surface area contributed by atoms with Crippen molar-refractivity contribution < 1.29 is 28.6 Å². The summed E-state index contributed by atoms with van der Waals surface area (Å²) in [6.45, 7) is 3.63. The maximum absolute atomic E-state index is 12.8. The van der Waals surface area contributed by atoms with E-state index in [1.54, 1.807) is 11.8 Å². The van der Waals surface area contributed by atoms with Gasteiger partial charge < -0.3 is 24.4 Å². The molecule has 2 amide bonds. The van der Waals surface area contributed by atoms with E-state index >= 15 is 0 Å². The topological polar surface area (TPSA) is 94.2 Å². The van der Waals surface area contributed by atoms with Crippen LogP contribution in [0.4, 0.5) is 4.79 Å². The smallest absolute Gasteiger partial charge is 0.410 e. The Bertz CT molecular complexity index is 542. The van der Waals surface area contributed by atoms with E-state index in [-0.39, 0.29) is 18.5 Å². The average molecular weight is 382 g/mol. The van der Waals surface area contributed by atoms with Crippen LogP contribution in [-0.2, 0) is 23.8 Å². The Morgan fingerprint density at radius 3 is 2.56 bits per heavy atom. The lowest BCUT2D eigenvalue weighted by atomic mass is 9.85. The number of rotatable bonds is 5. The second-order valence-corrected chi connectivity index (χ2v) is 7.68. The van der Waals surface area contributed by atoms with Gasteiger partial charge in [-0.2, -0.15) is 0 Å². The van der Waals surface area contributed by atoms with Crippen LogP contribution < -0.4 is 5.32 Å². The molecule has 0 aromatic heterocycles. The van der Waals surface area contributed by atoms with E-state index in [1.165, 1.54) is 6.42 Å². The van der Waals surface area contributed by atoms with Crippen molar-refractivity contribution in [2.45, 2.75) is 63.7 Å². The van der Waals surface area contributed by atoms with Gasteiger partial charge in [-0.25, -0.2) is 4.79 Å². The molecular weight excluding hydrogens is 352 g/mol. The molecule has 1 N–H and O–H groups in total. The van der Waals surface area contributed by atoms with E-state index in [0.29, 0.717) is 38.6 Å². The summed E-state index contributed by atoms with van der Waals surface area (Å²) in [4.78, 5) is 38.8. The Morgan fingerprint density at radius 1 is 1.22 bits per heavy atom. The van der Waals surface area contributed by atoms with Gasteiger partial charge in [0.05, 0.1) is 19.3 Å². The molecule has 0 bridgehead atoms. The number of ether oxygens (including phenoxy) is 3. The van der Waals surface area contributed by atoms with Gasteiger partial charge >= 0.3 is 6.09 Å². The fraction of sp³-hybridized carbons (Fsp3) is 0.842. The molecule has 8 heteroatoms. The fourth-order valence-electron chi connectivity index (χ4n) is 3.98. The van der Waals surface area contributed by atoms with Gasteiger partial charge in [0.25, 0.3) is 5.91 Å². The minimum atomic E-state index is -0.885. The summed E-state index contributed by atoms with van der Waals surface area (Å²) >= 11 is 0. The summed E-state index contributed by atoms with van der Waals surface area (Å²) in [7, 11) is 0. The summed E-state index contributed by atoms with van der Waals surface area (Å²) in [5, 5.41) is 2.74. The molecule has 3 atom stereocenters. The predicted octanol–water partition coefficient (Wildman–Crippen LogP) is 1.27. The molecule has 2 heterocycles. The molecule has 0 aromatic carbocycles. The lowest BCUT2D eigenvalue weighted by Crippen LogP contribution is -2.51. The number of carbonyl (C=O) groups excluding carboxylic acids is 3. The molecule has 1 aliphatic carbocycles. The molecule has 2 saturated heterocycles. The molecule has 152 valence electrons. The van der Waals surface area contributed by atoms with E-state index < -0.39 is 24.1 Å². The number of morpholine rings is 1. The molecule has 2 aliphatic heterocycles. The van der Waals surface area contributed by atoms with E-state index in [4.69, 9.17) is 14.2 Å². The standard InChI is InChI=1S/C19H30N2O6/c1-13-17(15(22)12-26-13)20-18(23)16(11-14-5-3-2-4-6-14)27-19(24)21-7-9-25-10-8-21/h13-14,16-17H,2-12H2,1H3,(H,20,23)/t13-,16+,17-/m1/s1. The lowest BCUT2D eigenvalue weighted by molar-refractivity contribution is -0.134. The van der Waals surface area contributed by atoms with E-state index in [2.05, 4.69) is 5.32 Å². The van der Waals surface area contributed by atoms with Gasteiger partial charge in [-0.3, -0.25) is 9.59 Å². The fourth-order valence-corrected chi connectivity index (χ4v) is 3.98. The van der Waals surface area contributed by atoms with Crippen molar-refractivity contribution in [1.82, 2.24) is 10.2 Å². The van der Waals surface area contributed by atoms with Gasteiger partial charge in [0, 0.05) is 13.1 Å². The van der Waals surface area contributed by atoms with Crippen molar-refractivity contribution in [3.05, 3.63) is 0 Å². The molecule has 0 radical (unpaired) electrons. The first-order valence-electron chi connectivity index (χ1n) is 10.0. The molecule has 3 rings (SSSR count). The molecule has 0 spiro atoms. The van der Waals surface area contributed by atoms with Crippen molar-refractivity contribution in [1.29, 1.82) is 0 Å². The first-order valence-corrected chi connectivity index (χ1v) is 10.0. The summed E-state index contributed by atoms with van der Waals surface area (Å²) in [6.07, 6.45) is 4.34. The van der Waals surface area contributed by atoms with Crippen LogP contribution in [0.1, 0.15) is 45.4 Å². The number of carbonyl (C=O) groups is 3. The van der Waals surface area contributed by atoms with Crippen molar-refractivity contribution >= 4 is 17.8 Å². The third-order valence-corrected chi connectivity index (χ3v) is 5.68. The Balaban J connectivity index is 1.63. The van der Waals surface area contributed by atoms with Crippen molar-refractivity contribution in [2.24, 2.45) is 5.92 Å². The van der Waals surface area contributed by atoms with Crippen LogP contribution in [0, 0.1) is 5.92 Å². The van der Waals surface area contributed by atoms with Crippen LogP contribution in [0.5, 0.6) is 0 Å². The Labute approximate surface area is 159 Å². The van der Waals surface area contributed by atoms with Crippen LogP contribution in [0.25, 0.3) is 0 Å². The van der Waals surface area contributed by atoms with Crippen LogP contribution in [0.3, 0.4) is 0 Å². The second-order valence-electron chi connectivity index (χ2n) is 7.68. The molecule has 1 saturated carbocycles. The molecule has 27 heavy (non-hydrogen) atoms.